The van der Waals surface area contributed by atoms with Crippen LogP contribution in [0.3, 0.4) is 0 Å². The lowest BCUT2D eigenvalue weighted by atomic mass is 9.92. The Morgan fingerprint density at radius 1 is 1.17 bits per heavy atom. The van der Waals surface area contributed by atoms with Crippen molar-refractivity contribution < 1.29 is 19.0 Å². The van der Waals surface area contributed by atoms with Gasteiger partial charge in [0.25, 0.3) is 0 Å². The lowest BCUT2D eigenvalue weighted by Crippen LogP contribution is -2.53. The predicted octanol–water partition coefficient (Wildman–Crippen LogP) is 4.13. The van der Waals surface area contributed by atoms with Crippen molar-refractivity contribution in [1.82, 2.24) is 29.9 Å². The van der Waals surface area contributed by atoms with Crippen LogP contribution in [0.4, 0.5) is 10.5 Å². The van der Waals surface area contributed by atoms with Crippen molar-refractivity contribution in [1.29, 1.82) is 0 Å². The maximum absolute atomic E-state index is 13.2. The average molecular weight is 562 g/mol. The van der Waals surface area contributed by atoms with Gasteiger partial charge in [-0.1, -0.05) is 5.21 Å². The summed E-state index contributed by atoms with van der Waals surface area (Å²) < 4.78 is 18.6. The molecular weight excluding hydrogens is 522 g/mol. The maximum atomic E-state index is 13.2. The summed E-state index contributed by atoms with van der Waals surface area (Å²) in [5, 5.41) is 8.84. The molecule has 1 aliphatic carbocycles. The van der Waals surface area contributed by atoms with Gasteiger partial charge < -0.3 is 24.0 Å². The number of carbonyl (C=O) groups excluding carboxylic acids is 1. The molecule has 3 aromatic heterocycles. The lowest BCUT2D eigenvalue weighted by Gasteiger charge is -2.42. The van der Waals surface area contributed by atoms with Gasteiger partial charge in [-0.15, -0.1) is 5.10 Å². The minimum absolute atomic E-state index is 0.116. The van der Waals surface area contributed by atoms with Crippen molar-refractivity contribution in [2.75, 3.05) is 44.9 Å². The first-order valence-corrected chi connectivity index (χ1v) is 14.5. The van der Waals surface area contributed by atoms with Gasteiger partial charge in [0, 0.05) is 31.4 Å². The summed E-state index contributed by atoms with van der Waals surface area (Å²) in [5.74, 6) is 1.26. The molecule has 1 saturated carbocycles. The fraction of sp³-hybridized carbons (Fsp3) is 0.567. The van der Waals surface area contributed by atoms with Gasteiger partial charge in [-0.3, -0.25) is 9.97 Å². The molecule has 1 amide bonds. The first kappa shape index (κ1) is 27.4. The van der Waals surface area contributed by atoms with Gasteiger partial charge in [0.1, 0.15) is 17.0 Å². The monoisotopic (exact) mass is 561 g/mol. The van der Waals surface area contributed by atoms with Crippen LogP contribution in [0, 0.1) is 5.92 Å². The second-order valence-corrected chi connectivity index (χ2v) is 12.4. The summed E-state index contributed by atoms with van der Waals surface area (Å²) in [6.45, 7) is 9.19. The van der Waals surface area contributed by atoms with Crippen LogP contribution in [0.2, 0.25) is 0 Å². The van der Waals surface area contributed by atoms with Crippen LogP contribution < -0.4 is 9.64 Å². The zero-order chi connectivity index (χ0) is 28.6. The van der Waals surface area contributed by atoms with Crippen molar-refractivity contribution >= 4 is 11.8 Å². The highest BCUT2D eigenvalue weighted by Gasteiger charge is 2.45. The molecule has 2 saturated heterocycles. The quantitative estimate of drug-likeness (QED) is 0.401. The van der Waals surface area contributed by atoms with Crippen LogP contribution in [-0.2, 0) is 15.0 Å². The van der Waals surface area contributed by atoms with Crippen molar-refractivity contribution in [2.24, 2.45) is 5.92 Å². The van der Waals surface area contributed by atoms with E-state index in [1.807, 2.05) is 48.8 Å². The smallest absolute Gasteiger partial charge is 0.410 e. The van der Waals surface area contributed by atoms with Crippen LogP contribution in [0.15, 0.2) is 43.0 Å². The number of hydrogen-bond acceptors (Lipinski definition) is 9. The van der Waals surface area contributed by atoms with E-state index in [4.69, 9.17) is 19.2 Å². The minimum Gasteiger partial charge on any atom is -0.495 e. The van der Waals surface area contributed by atoms with E-state index in [2.05, 4.69) is 32.3 Å². The van der Waals surface area contributed by atoms with Crippen LogP contribution >= 0.6 is 0 Å². The number of amides is 1. The van der Waals surface area contributed by atoms with Crippen LogP contribution in [0.5, 0.6) is 5.75 Å². The normalized spacial score (nSPS) is 20.3. The van der Waals surface area contributed by atoms with E-state index in [-0.39, 0.29) is 12.1 Å². The molecule has 11 heteroatoms. The molecule has 5 heterocycles. The number of rotatable bonds is 8. The summed E-state index contributed by atoms with van der Waals surface area (Å²) in [4.78, 5) is 26.6. The Kier molecular flexibility index (Phi) is 7.31. The second kappa shape index (κ2) is 10.9. The molecule has 3 fully saturated rings. The highest BCUT2D eigenvalue weighted by molar-refractivity contribution is 5.69. The Morgan fingerprint density at radius 3 is 2.66 bits per heavy atom. The first-order valence-electron chi connectivity index (χ1n) is 14.5. The Morgan fingerprint density at radius 2 is 2.00 bits per heavy atom. The number of anilines is 1. The molecule has 1 atom stereocenters. The van der Waals surface area contributed by atoms with E-state index < -0.39 is 11.1 Å². The molecule has 0 N–H and O–H groups in total. The molecule has 41 heavy (non-hydrogen) atoms. The molecule has 0 bridgehead atoms. The Labute approximate surface area is 240 Å². The van der Waals surface area contributed by atoms with Crippen molar-refractivity contribution in [3.05, 3.63) is 48.7 Å². The largest absolute Gasteiger partial charge is 0.495 e. The van der Waals surface area contributed by atoms with Gasteiger partial charge >= 0.3 is 6.09 Å². The van der Waals surface area contributed by atoms with E-state index in [1.54, 1.807) is 19.5 Å². The maximum Gasteiger partial charge on any atom is 0.410 e. The highest BCUT2D eigenvalue weighted by Crippen LogP contribution is 2.35. The predicted molar refractivity (Wildman–Crippen MR) is 153 cm³/mol. The van der Waals surface area contributed by atoms with E-state index in [0.29, 0.717) is 30.6 Å². The third kappa shape index (κ3) is 5.86. The third-order valence-corrected chi connectivity index (χ3v) is 8.07. The Bertz CT molecular complexity index is 1360. The lowest BCUT2D eigenvalue weighted by molar-refractivity contribution is -0.0851. The summed E-state index contributed by atoms with van der Waals surface area (Å²) in [6.07, 6.45) is 11.4. The number of methoxy groups -OCH3 is 1. The average Bonchev–Trinajstić information content (AvgIpc) is 3.64. The number of pyridine rings is 2. The molecule has 6 rings (SSSR count). The fourth-order valence-electron chi connectivity index (χ4n) is 5.53. The molecule has 0 spiro atoms. The molecular formula is C30H39N7O4. The van der Waals surface area contributed by atoms with Crippen LogP contribution in [0.1, 0.15) is 52.1 Å². The number of carbonyl (C=O) groups is 1. The molecule has 0 unspecified atom stereocenters. The summed E-state index contributed by atoms with van der Waals surface area (Å²) in [6, 6.07) is 6.18. The first-order chi connectivity index (χ1) is 19.7. The Balaban J connectivity index is 1.18. The van der Waals surface area contributed by atoms with Crippen molar-refractivity contribution in [2.45, 2.75) is 63.6 Å². The van der Waals surface area contributed by atoms with E-state index in [9.17, 15) is 4.79 Å². The van der Waals surface area contributed by atoms with E-state index >= 15 is 0 Å². The third-order valence-electron chi connectivity index (χ3n) is 8.07. The summed E-state index contributed by atoms with van der Waals surface area (Å²) >= 11 is 0. The number of ether oxygens (including phenoxy) is 3. The van der Waals surface area contributed by atoms with Gasteiger partial charge in [-0.2, -0.15) is 0 Å². The molecule has 3 aliphatic rings. The fourth-order valence-corrected chi connectivity index (χ4v) is 5.53. The zero-order valence-electron chi connectivity index (χ0n) is 24.3. The molecule has 218 valence electrons. The zero-order valence-corrected chi connectivity index (χ0v) is 24.3. The van der Waals surface area contributed by atoms with Crippen molar-refractivity contribution in [3.8, 4) is 17.0 Å². The van der Waals surface area contributed by atoms with Gasteiger partial charge in [0.05, 0.1) is 56.3 Å². The van der Waals surface area contributed by atoms with Gasteiger partial charge in [-0.25, -0.2) is 9.48 Å². The molecule has 11 nitrogen and oxygen atoms in total. The number of nitrogens with zero attached hydrogens (tertiary/aromatic N) is 7. The Hall–Kier alpha value is -3.73. The van der Waals surface area contributed by atoms with Gasteiger partial charge in [-0.05, 0) is 70.6 Å². The topological polar surface area (TPSA) is 108 Å². The highest BCUT2D eigenvalue weighted by atomic mass is 16.6. The molecule has 2 aliphatic heterocycles. The summed E-state index contributed by atoms with van der Waals surface area (Å²) in [7, 11) is 1.61. The summed E-state index contributed by atoms with van der Waals surface area (Å²) in [5.41, 5.74) is 2.44. The number of piperidine rings is 1. The molecule has 3 aromatic rings. The van der Waals surface area contributed by atoms with Gasteiger partial charge in [0.15, 0.2) is 5.54 Å². The van der Waals surface area contributed by atoms with Crippen LogP contribution in [-0.4, -0.2) is 87.6 Å². The molecule has 0 radical (unpaired) electrons. The molecule has 0 aromatic carbocycles. The van der Waals surface area contributed by atoms with Crippen LogP contribution in [0.25, 0.3) is 11.3 Å². The number of hydrogen-bond donors (Lipinski definition) is 0. The van der Waals surface area contributed by atoms with E-state index in [1.165, 1.54) is 12.8 Å². The van der Waals surface area contributed by atoms with E-state index in [0.717, 1.165) is 49.4 Å². The standard InChI is InChI=1S/C30H39N7O4/c1-29(2,3)41-28(38)36(16-21-7-8-21)24-6-5-11-35(17-24)23-9-10-27(32-14-23)30(19-40-20-30)37-18-26(33-34-37)22-12-25(39-4)15-31-13-22/h9-10,12-15,18,21,24H,5-8,11,16-17,19-20H2,1-4H3/t24-/m1/s1. The SMILES string of the molecule is COc1cncc(-c2cn(C3(c4ccc(N5CCC[C@@H](N(CC6CC6)C(=O)OC(C)(C)C)C5)cn4)COC3)nn2)c1. The minimum atomic E-state index is -0.516. The van der Waals surface area contributed by atoms with Crippen molar-refractivity contribution in [3.63, 3.8) is 0 Å². The van der Waals surface area contributed by atoms with Gasteiger partial charge in [0.2, 0.25) is 0 Å². The number of aromatic nitrogens is 5. The second-order valence-electron chi connectivity index (χ2n) is 12.4.